The van der Waals surface area contributed by atoms with Crippen LogP contribution in [0.15, 0.2) is 41.4 Å². The number of aryl methyl sites for hydroxylation is 3. The first-order valence-electron chi connectivity index (χ1n) is 9.27. The standard InChI is InChI=1S/C23H26N2O2/c1-6-19(26)13-24-17(5)22-20-8-7-14(2)12-21(20)25(23(22)27)18-10-15(3)9-16(4)11-18/h7-12,27H,6,13H2,1-5H3. The van der Waals surface area contributed by atoms with E-state index in [9.17, 15) is 9.90 Å². The molecule has 0 amide bonds. The van der Waals surface area contributed by atoms with E-state index >= 15 is 0 Å². The summed E-state index contributed by atoms with van der Waals surface area (Å²) < 4.78 is 1.87. The Morgan fingerprint density at radius 1 is 1.04 bits per heavy atom. The maximum absolute atomic E-state index is 11.7. The normalized spacial score (nSPS) is 12.0. The molecule has 1 aromatic heterocycles. The van der Waals surface area contributed by atoms with Gasteiger partial charge in [0, 0.05) is 23.2 Å². The first-order valence-corrected chi connectivity index (χ1v) is 9.27. The first-order chi connectivity index (χ1) is 12.8. The predicted molar refractivity (Wildman–Crippen MR) is 112 cm³/mol. The van der Waals surface area contributed by atoms with Crippen molar-refractivity contribution in [3.05, 3.63) is 58.7 Å². The maximum Gasteiger partial charge on any atom is 0.206 e. The van der Waals surface area contributed by atoms with Gasteiger partial charge in [0.2, 0.25) is 5.88 Å². The molecule has 140 valence electrons. The van der Waals surface area contributed by atoms with Crippen LogP contribution in [-0.4, -0.2) is 27.7 Å². The highest BCUT2D eigenvalue weighted by Gasteiger charge is 2.20. The van der Waals surface area contributed by atoms with Crippen molar-refractivity contribution in [2.75, 3.05) is 6.54 Å². The molecule has 0 aliphatic heterocycles. The smallest absolute Gasteiger partial charge is 0.206 e. The van der Waals surface area contributed by atoms with Crippen molar-refractivity contribution in [3.63, 3.8) is 0 Å². The third kappa shape index (κ3) is 3.65. The molecule has 0 atom stereocenters. The van der Waals surface area contributed by atoms with E-state index in [0.717, 1.165) is 33.3 Å². The SMILES string of the molecule is CCC(=O)CN=C(C)c1c(O)n(-c2cc(C)cc(C)c2)c2cc(C)ccc12. The summed E-state index contributed by atoms with van der Waals surface area (Å²) in [4.78, 5) is 16.1. The van der Waals surface area contributed by atoms with E-state index in [4.69, 9.17) is 0 Å². The number of aromatic nitrogens is 1. The highest BCUT2D eigenvalue weighted by Crippen LogP contribution is 2.36. The van der Waals surface area contributed by atoms with Gasteiger partial charge in [-0.2, -0.15) is 0 Å². The van der Waals surface area contributed by atoms with Crippen molar-refractivity contribution in [1.29, 1.82) is 0 Å². The fraction of sp³-hybridized carbons (Fsp3) is 0.304. The molecule has 1 N–H and O–H groups in total. The summed E-state index contributed by atoms with van der Waals surface area (Å²) in [5, 5.41) is 12.1. The largest absolute Gasteiger partial charge is 0.494 e. The molecule has 0 unspecified atom stereocenters. The molecule has 27 heavy (non-hydrogen) atoms. The highest BCUT2D eigenvalue weighted by atomic mass is 16.3. The third-order valence-electron chi connectivity index (χ3n) is 4.81. The van der Waals surface area contributed by atoms with Gasteiger partial charge < -0.3 is 5.11 Å². The molecule has 3 rings (SSSR count). The van der Waals surface area contributed by atoms with E-state index < -0.39 is 0 Å². The van der Waals surface area contributed by atoms with Gasteiger partial charge in [0.05, 0.1) is 17.6 Å². The molecular formula is C23H26N2O2. The number of carbonyl (C=O) groups is 1. The molecule has 4 nitrogen and oxygen atoms in total. The van der Waals surface area contributed by atoms with Gasteiger partial charge in [-0.25, -0.2) is 0 Å². The minimum atomic E-state index is 0.0859. The minimum absolute atomic E-state index is 0.0859. The second-order valence-electron chi connectivity index (χ2n) is 7.19. The Morgan fingerprint density at radius 3 is 2.33 bits per heavy atom. The van der Waals surface area contributed by atoms with Gasteiger partial charge in [0.1, 0.15) is 0 Å². The molecule has 4 heteroatoms. The topological polar surface area (TPSA) is 54.6 Å². The lowest BCUT2D eigenvalue weighted by Gasteiger charge is -2.10. The average Bonchev–Trinajstić information content (AvgIpc) is 2.89. The second kappa shape index (κ2) is 7.39. The van der Waals surface area contributed by atoms with Crippen molar-refractivity contribution in [1.82, 2.24) is 4.57 Å². The van der Waals surface area contributed by atoms with Gasteiger partial charge in [-0.05, 0) is 62.6 Å². The van der Waals surface area contributed by atoms with E-state index in [1.807, 2.05) is 37.5 Å². The van der Waals surface area contributed by atoms with Crippen molar-refractivity contribution >= 4 is 22.4 Å². The Balaban J connectivity index is 2.27. The summed E-state index contributed by atoms with van der Waals surface area (Å²) in [7, 11) is 0. The van der Waals surface area contributed by atoms with Gasteiger partial charge in [0.25, 0.3) is 0 Å². The van der Waals surface area contributed by atoms with Crippen molar-refractivity contribution in [2.45, 2.75) is 41.0 Å². The first kappa shape index (κ1) is 18.9. The van der Waals surface area contributed by atoms with Crippen LogP contribution in [0.3, 0.4) is 0 Å². The molecule has 0 radical (unpaired) electrons. The predicted octanol–water partition coefficient (Wildman–Crippen LogP) is 5.05. The molecule has 1 heterocycles. The van der Waals surface area contributed by atoms with Gasteiger partial charge in [-0.1, -0.05) is 25.1 Å². The highest BCUT2D eigenvalue weighted by molar-refractivity contribution is 6.13. The molecular weight excluding hydrogens is 336 g/mol. The van der Waals surface area contributed by atoms with Crippen LogP contribution < -0.4 is 0 Å². The number of carbonyl (C=O) groups excluding carboxylic acids is 1. The number of ketones is 1. The number of aromatic hydroxyl groups is 1. The van der Waals surface area contributed by atoms with Crippen LogP contribution in [-0.2, 0) is 4.79 Å². The summed E-state index contributed by atoms with van der Waals surface area (Å²) in [6.07, 6.45) is 0.465. The molecule has 2 aromatic carbocycles. The number of nitrogens with zero attached hydrogens (tertiary/aromatic N) is 2. The zero-order valence-corrected chi connectivity index (χ0v) is 16.6. The number of benzene rings is 2. The number of rotatable bonds is 5. The van der Waals surface area contributed by atoms with Crippen LogP contribution in [0, 0.1) is 20.8 Å². The van der Waals surface area contributed by atoms with E-state index in [1.54, 1.807) is 0 Å². The zero-order chi connectivity index (χ0) is 19.7. The summed E-state index contributed by atoms with van der Waals surface area (Å²) in [6, 6.07) is 12.3. The molecule has 0 aliphatic carbocycles. The minimum Gasteiger partial charge on any atom is -0.494 e. The lowest BCUT2D eigenvalue weighted by atomic mass is 10.1. The van der Waals surface area contributed by atoms with Gasteiger partial charge in [0.15, 0.2) is 5.78 Å². The molecule has 0 saturated heterocycles. The van der Waals surface area contributed by atoms with Crippen molar-refractivity contribution < 1.29 is 9.90 Å². The lowest BCUT2D eigenvalue weighted by Crippen LogP contribution is -2.04. The summed E-state index contributed by atoms with van der Waals surface area (Å²) >= 11 is 0. The fourth-order valence-corrected chi connectivity index (χ4v) is 3.48. The average molecular weight is 362 g/mol. The fourth-order valence-electron chi connectivity index (χ4n) is 3.48. The number of Topliss-reactive ketones (excluding diaryl/α,β-unsaturated/α-hetero) is 1. The van der Waals surface area contributed by atoms with E-state index in [0.29, 0.717) is 17.7 Å². The van der Waals surface area contributed by atoms with E-state index in [2.05, 4.69) is 43.1 Å². The zero-order valence-electron chi connectivity index (χ0n) is 16.6. The Morgan fingerprint density at radius 2 is 1.70 bits per heavy atom. The Labute approximate surface area is 160 Å². The summed E-state index contributed by atoms with van der Waals surface area (Å²) in [6.45, 7) is 9.96. The Hall–Kier alpha value is -2.88. The molecule has 0 fully saturated rings. The van der Waals surface area contributed by atoms with Crippen LogP contribution in [0.2, 0.25) is 0 Å². The van der Waals surface area contributed by atoms with Gasteiger partial charge >= 0.3 is 0 Å². The third-order valence-corrected chi connectivity index (χ3v) is 4.81. The van der Waals surface area contributed by atoms with Crippen LogP contribution in [0.4, 0.5) is 0 Å². The van der Waals surface area contributed by atoms with Crippen molar-refractivity contribution in [3.8, 4) is 11.6 Å². The Bertz CT molecular complexity index is 1040. The second-order valence-corrected chi connectivity index (χ2v) is 7.19. The molecule has 3 aromatic rings. The quantitative estimate of drug-likeness (QED) is 0.646. The Kier molecular flexibility index (Phi) is 5.17. The molecule has 0 aliphatic rings. The molecule has 0 spiro atoms. The van der Waals surface area contributed by atoms with Crippen LogP contribution in [0.25, 0.3) is 16.6 Å². The number of aliphatic imine (C=N–C) groups is 1. The van der Waals surface area contributed by atoms with Crippen LogP contribution in [0.1, 0.15) is 42.5 Å². The van der Waals surface area contributed by atoms with Crippen LogP contribution in [0.5, 0.6) is 5.88 Å². The van der Waals surface area contributed by atoms with Crippen LogP contribution >= 0.6 is 0 Å². The number of hydrogen-bond donors (Lipinski definition) is 1. The van der Waals surface area contributed by atoms with Gasteiger partial charge in [-0.3, -0.25) is 14.4 Å². The summed E-state index contributed by atoms with van der Waals surface area (Å²) in [5.74, 6) is 0.244. The summed E-state index contributed by atoms with van der Waals surface area (Å²) in [5.41, 5.74) is 6.61. The lowest BCUT2D eigenvalue weighted by molar-refractivity contribution is -0.117. The molecule has 0 saturated carbocycles. The van der Waals surface area contributed by atoms with E-state index in [1.165, 1.54) is 0 Å². The van der Waals surface area contributed by atoms with Crippen molar-refractivity contribution in [2.24, 2.45) is 4.99 Å². The van der Waals surface area contributed by atoms with E-state index in [-0.39, 0.29) is 18.2 Å². The number of hydrogen-bond acceptors (Lipinski definition) is 3. The maximum atomic E-state index is 11.7. The monoisotopic (exact) mass is 362 g/mol. The number of fused-ring (bicyclic) bond motifs is 1. The van der Waals surface area contributed by atoms with Gasteiger partial charge in [-0.15, -0.1) is 0 Å². The molecule has 0 bridgehead atoms.